The second-order valence-electron chi connectivity index (χ2n) is 9.96. The van der Waals surface area contributed by atoms with E-state index in [9.17, 15) is 44.7 Å². The second-order valence-corrected chi connectivity index (χ2v) is 9.96. The Bertz CT molecular complexity index is 2060. The van der Waals surface area contributed by atoms with Gasteiger partial charge in [0.05, 0.1) is 16.7 Å². The van der Waals surface area contributed by atoms with E-state index in [1.807, 2.05) is 0 Å². The highest BCUT2D eigenvalue weighted by atomic mass is 16.4. The standard InChI is InChI=1S/C29H16O10/c1-8-3-12(31)18-21-19-20-17(24(18)35)14(33)7-15(34)23(20)29(27(37)22(19)28(38)39-25(8)21)9(2)4-10-5-11(30)6-13(32)16(10)26(29)36/h3-7,30-34H,1-2H3/t29-/m1/s1. The van der Waals surface area contributed by atoms with E-state index < -0.39 is 62.5 Å². The van der Waals surface area contributed by atoms with Gasteiger partial charge in [0.1, 0.15) is 45.3 Å². The van der Waals surface area contributed by atoms with Gasteiger partial charge in [0.25, 0.3) is 0 Å². The molecule has 1 atom stereocenters. The summed E-state index contributed by atoms with van der Waals surface area (Å²) in [6.07, 6.45) is 1.35. The molecule has 192 valence electrons. The van der Waals surface area contributed by atoms with Gasteiger partial charge in [0.2, 0.25) is 5.78 Å². The summed E-state index contributed by atoms with van der Waals surface area (Å²) in [7, 11) is 0. The number of hydrogen-bond donors (Lipinski definition) is 5. The van der Waals surface area contributed by atoms with E-state index >= 15 is 0 Å². The molecular formula is C29H16O10. The largest absolute Gasteiger partial charge is 0.508 e. The quantitative estimate of drug-likeness (QED) is 0.148. The third-order valence-electron chi connectivity index (χ3n) is 7.94. The number of phenols is 5. The number of ketones is 3. The van der Waals surface area contributed by atoms with Gasteiger partial charge in [-0.15, -0.1) is 0 Å². The number of aryl methyl sites for hydroxylation is 1. The van der Waals surface area contributed by atoms with E-state index in [-0.39, 0.29) is 61.2 Å². The number of hydrogen-bond acceptors (Lipinski definition) is 10. The highest BCUT2D eigenvalue weighted by molar-refractivity contribution is 6.38. The smallest absolute Gasteiger partial charge is 0.347 e. The van der Waals surface area contributed by atoms with Gasteiger partial charge in [-0.3, -0.25) is 14.4 Å². The number of rotatable bonds is 0. The molecule has 0 amide bonds. The van der Waals surface area contributed by atoms with E-state index in [0.29, 0.717) is 0 Å². The number of Topliss-reactive ketones (excluding diaryl/α,β-unsaturated/α-hetero) is 2. The van der Waals surface area contributed by atoms with Crippen molar-refractivity contribution in [2.24, 2.45) is 0 Å². The first-order valence-electron chi connectivity index (χ1n) is 11.7. The van der Waals surface area contributed by atoms with Crippen molar-refractivity contribution in [1.82, 2.24) is 0 Å². The molecule has 0 aliphatic heterocycles. The maximum Gasteiger partial charge on any atom is 0.347 e. The van der Waals surface area contributed by atoms with Crippen LogP contribution >= 0.6 is 0 Å². The molecule has 3 aliphatic carbocycles. The lowest BCUT2D eigenvalue weighted by molar-refractivity contribution is 0.0782. The highest BCUT2D eigenvalue weighted by Gasteiger charge is 2.60. The van der Waals surface area contributed by atoms with Gasteiger partial charge in [-0.2, -0.15) is 0 Å². The first kappa shape index (κ1) is 22.8. The summed E-state index contributed by atoms with van der Waals surface area (Å²) in [6, 6.07) is 4.15. The molecule has 0 radical (unpaired) electrons. The molecule has 0 saturated heterocycles. The van der Waals surface area contributed by atoms with Crippen LogP contribution in [0.2, 0.25) is 0 Å². The lowest BCUT2D eigenvalue weighted by Gasteiger charge is -2.42. The molecule has 10 nitrogen and oxygen atoms in total. The van der Waals surface area contributed by atoms with Gasteiger partial charge in [-0.25, -0.2) is 4.79 Å². The topological polar surface area (TPSA) is 183 Å². The van der Waals surface area contributed by atoms with Crippen molar-refractivity contribution in [2.45, 2.75) is 19.3 Å². The van der Waals surface area contributed by atoms with Crippen molar-refractivity contribution in [3.63, 3.8) is 0 Å². The minimum Gasteiger partial charge on any atom is -0.508 e. The third-order valence-corrected chi connectivity index (χ3v) is 7.94. The zero-order valence-corrected chi connectivity index (χ0v) is 20.2. The van der Waals surface area contributed by atoms with Crippen LogP contribution in [0.5, 0.6) is 28.7 Å². The first-order valence-corrected chi connectivity index (χ1v) is 11.7. The minimum absolute atomic E-state index is 0.0219. The monoisotopic (exact) mass is 524 g/mol. The fraction of sp³-hybridized carbons (Fsp3) is 0.103. The molecule has 5 N–H and O–H groups in total. The lowest BCUT2D eigenvalue weighted by atomic mass is 9.56. The normalized spacial score (nSPS) is 18.5. The van der Waals surface area contributed by atoms with Crippen molar-refractivity contribution < 1.29 is 44.3 Å². The van der Waals surface area contributed by atoms with Crippen LogP contribution in [0.1, 0.15) is 60.3 Å². The Morgan fingerprint density at radius 1 is 0.667 bits per heavy atom. The summed E-state index contributed by atoms with van der Waals surface area (Å²) < 4.78 is 5.49. The molecule has 3 aromatic carbocycles. The number of carbonyl (C=O) groups is 3. The predicted molar refractivity (Wildman–Crippen MR) is 135 cm³/mol. The fourth-order valence-corrected chi connectivity index (χ4v) is 6.44. The van der Waals surface area contributed by atoms with Gasteiger partial charge in [-0.05, 0) is 42.7 Å². The number of allylic oxidation sites excluding steroid dienone is 1. The van der Waals surface area contributed by atoms with Crippen LogP contribution in [0, 0.1) is 6.92 Å². The Morgan fingerprint density at radius 2 is 1.31 bits per heavy atom. The second kappa shape index (κ2) is 6.73. The number of fused-ring (bicyclic) bond motifs is 2. The molecule has 0 fully saturated rings. The van der Waals surface area contributed by atoms with Crippen LogP contribution in [-0.2, 0) is 5.41 Å². The molecular weight excluding hydrogens is 508 g/mol. The van der Waals surface area contributed by atoms with E-state index in [1.54, 1.807) is 0 Å². The number of benzene rings is 3. The predicted octanol–water partition coefficient (Wildman–Crippen LogP) is 3.57. The van der Waals surface area contributed by atoms with Crippen LogP contribution in [0.3, 0.4) is 0 Å². The third kappa shape index (κ3) is 2.33. The van der Waals surface area contributed by atoms with Crippen molar-refractivity contribution >= 4 is 34.4 Å². The summed E-state index contributed by atoms with van der Waals surface area (Å²) in [5, 5.41) is 53.3. The maximum absolute atomic E-state index is 14.5. The molecule has 7 rings (SSSR count). The van der Waals surface area contributed by atoms with Crippen molar-refractivity contribution in [2.75, 3.05) is 0 Å². The number of aromatic hydroxyl groups is 5. The average Bonchev–Trinajstić information content (AvgIpc) is 2.83. The highest BCUT2D eigenvalue weighted by Crippen LogP contribution is 2.60. The molecule has 1 aromatic heterocycles. The summed E-state index contributed by atoms with van der Waals surface area (Å²) in [4.78, 5) is 56.0. The average molecular weight is 524 g/mol. The Labute approximate surface area is 217 Å². The summed E-state index contributed by atoms with van der Waals surface area (Å²) >= 11 is 0. The maximum atomic E-state index is 14.5. The molecule has 10 heteroatoms. The molecule has 0 bridgehead atoms. The van der Waals surface area contributed by atoms with Crippen molar-refractivity contribution in [3.8, 4) is 39.9 Å². The molecule has 0 unspecified atom stereocenters. The van der Waals surface area contributed by atoms with Crippen LogP contribution in [0.4, 0.5) is 0 Å². The Morgan fingerprint density at radius 3 is 2.03 bits per heavy atom. The Kier molecular flexibility index (Phi) is 3.93. The SMILES string of the molecule is CC1=Cc2cc(O)cc(O)c2C(=O)[C@@]12C(=O)c1c3c4c(c(O)cc(C)c4oc1=O)C(=O)c1c(O)cc(O)c2c1-3. The fourth-order valence-electron chi connectivity index (χ4n) is 6.44. The molecule has 1 heterocycles. The molecule has 1 spiro atoms. The molecule has 0 saturated carbocycles. The van der Waals surface area contributed by atoms with Crippen LogP contribution in [0.25, 0.3) is 28.2 Å². The minimum atomic E-state index is -2.43. The van der Waals surface area contributed by atoms with Gasteiger partial charge >= 0.3 is 5.63 Å². The Balaban J connectivity index is 1.76. The van der Waals surface area contributed by atoms with Crippen LogP contribution < -0.4 is 5.63 Å². The van der Waals surface area contributed by atoms with Gasteiger partial charge in [0.15, 0.2) is 11.6 Å². The van der Waals surface area contributed by atoms with Crippen molar-refractivity contribution in [1.29, 1.82) is 0 Å². The number of carbonyl (C=O) groups excluding carboxylic acids is 3. The van der Waals surface area contributed by atoms with Crippen molar-refractivity contribution in [3.05, 3.63) is 79.2 Å². The summed E-state index contributed by atoms with van der Waals surface area (Å²) in [5.74, 6) is -5.83. The first-order chi connectivity index (χ1) is 18.4. The Hall–Kier alpha value is -5.38. The van der Waals surface area contributed by atoms with Gasteiger partial charge in [0, 0.05) is 34.2 Å². The van der Waals surface area contributed by atoms with Gasteiger partial charge < -0.3 is 29.9 Å². The summed E-state index contributed by atoms with van der Waals surface area (Å²) in [6.45, 7) is 2.92. The molecule has 39 heavy (non-hydrogen) atoms. The lowest BCUT2D eigenvalue weighted by Crippen LogP contribution is -2.51. The van der Waals surface area contributed by atoms with Crippen LogP contribution in [0.15, 0.2) is 39.1 Å². The van der Waals surface area contributed by atoms with E-state index in [0.717, 1.165) is 12.1 Å². The molecule has 4 aromatic rings. The van der Waals surface area contributed by atoms with Crippen LogP contribution in [-0.4, -0.2) is 42.9 Å². The zero-order valence-electron chi connectivity index (χ0n) is 20.2. The summed E-state index contributed by atoms with van der Waals surface area (Å²) in [5.41, 5.74) is -5.64. The van der Waals surface area contributed by atoms with Gasteiger partial charge in [-0.1, -0.05) is 6.08 Å². The van der Waals surface area contributed by atoms with E-state index in [2.05, 4.69) is 0 Å². The van der Waals surface area contributed by atoms with E-state index in [1.165, 1.54) is 32.1 Å². The zero-order chi connectivity index (χ0) is 27.9. The van der Waals surface area contributed by atoms with E-state index in [4.69, 9.17) is 4.42 Å². The molecule has 3 aliphatic rings. The number of phenolic OH excluding ortho intramolecular Hbond substituents is 5.